The number of hydrogen-bond donors (Lipinski definition) is 3. The van der Waals surface area contributed by atoms with E-state index in [1.807, 2.05) is 6.92 Å². The molecular formula is C16H24O5. The molecule has 118 valence electrons. The summed E-state index contributed by atoms with van der Waals surface area (Å²) in [5, 5.41) is 27.9. The van der Waals surface area contributed by atoms with Crippen LogP contribution >= 0.6 is 0 Å². The fourth-order valence-corrected chi connectivity index (χ4v) is 1.96. The van der Waals surface area contributed by atoms with Gasteiger partial charge in [-0.05, 0) is 56.4 Å². The van der Waals surface area contributed by atoms with E-state index in [0.29, 0.717) is 31.6 Å². The standard InChI is InChI=1S/C16H24O5/c1-2-13(17)11-14(18)5-3-4-10-21-15-8-6-12(7-9-15)16(19)20/h6-9,13-14,17-18H,2-5,10-11H2,1H3,(H,19,20). The van der Waals surface area contributed by atoms with E-state index < -0.39 is 18.2 Å². The van der Waals surface area contributed by atoms with Gasteiger partial charge in [-0.15, -0.1) is 0 Å². The molecule has 1 rings (SSSR count). The van der Waals surface area contributed by atoms with Crippen molar-refractivity contribution in [2.75, 3.05) is 6.61 Å². The van der Waals surface area contributed by atoms with Crippen molar-refractivity contribution in [2.45, 2.75) is 51.2 Å². The minimum Gasteiger partial charge on any atom is -0.494 e. The van der Waals surface area contributed by atoms with Gasteiger partial charge in [0.05, 0.1) is 24.4 Å². The third-order valence-electron chi connectivity index (χ3n) is 3.32. The zero-order valence-corrected chi connectivity index (χ0v) is 12.4. The number of carbonyl (C=O) groups is 1. The number of ether oxygens (including phenoxy) is 1. The predicted octanol–water partition coefficient (Wildman–Crippen LogP) is 2.46. The second-order valence-corrected chi connectivity index (χ2v) is 5.13. The maximum absolute atomic E-state index is 10.7. The molecule has 0 aliphatic rings. The zero-order chi connectivity index (χ0) is 15.7. The van der Waals surface area contributed by atoms with Gasteiger partial charge in [0.2, 0.25) is 0 Å². The van der Waals surface area contributed by atoms with Crippen molar-refractivity contribution in [2.24, 2.45) is 0 Å². The summed E-state index contributed by atoms with van der Waals surface area (Å²) in [5.41, 5.74) is 0.236. The van der Waals surface area contributed by atoms with Gasteiger partial charge in [-0.25, -0.2) is 4.79 Å². The van der Waals surface area contributed by atoms with Crippen molar-refractivity contribution < 1.29 is 24.9 Å². The molecule has 1 aromatic rings. The quantitative estimate of drug-likeness (QED) is 0.577. The lowest BCUT2D eigenvalue weighted by atomic mass is 10.0. The number of carboxylic acids is 1. The highest BCUT2D eigenvalue weighted by atomic mass is 16.5. The van der Waals surface area contributed by atoms with Gasteiger partial charge in [0.1, 0.15) is 5.75 Å². The van der Waals surface area contributed by atoms with E-state index >= 15 is 0 Å². The molecule has 0 saturated carbocycles. The van der Waals surface area contributed by atoms with Crippen LogP contribution in [0.1, 0.15) is 49.4 Å². The molecule has 5 nitrogen and oxygen atoms in total. The molecular weight excluding hydrogens is 272 g/mol. The highest BCUT2D eigenvalue weighted by Crippen LogP contribution is 2.14. The first-order valence-corrected chi connectivity index (χ1v) is 7.35. The first-order valence-electron chi connectivity index (χ1n) is 7.35. The molecule has 0 bridgehead atoms. The molecule has 0 saturated heterocycles. The average Bonchev–Trinajstić information content (AvgIpc) is 2.47. The summed E-state index contributed by atoms with van der Waals surface area (Å²) in [6, 6.07) is 6.28. The topological polar surface area (TPSA) is 87.0 Å². The van der Waals surface area contributed by atoms with Crippen LogP contribution in [0.25, 0.3) is 0 Å². The van der Waals surface area contributed by atoms with E-state index in [1.54, 1.807) is 12.1 Å². The number of aliphatic hydroxyl groups is 2. The number of benzene rings is 1. The summed E-state index contributed by atoms with van der Waals surface area (Å²) in [6.07, 6.45) is 2.47. The summed E-state index contributed by atoms with van der Waals surface area (Å²) < 4.78 is 5.50. The van der Waals surface area contributed by atoms with Crippen LogP contribution < -0.4 is 4.74 Å². The molecule has 21 heavy (non-hydrogen) atoms. The van der Waals surface area contributed by atoms with Gasteiger partial charge in [-0.2, -0.15) is 0 Å². The molecule has 0 radical (unpaired) electrons. The van der Waals surface area contributed by atoms with Crippen LogP contribution in [0, 0.1) is 0 Å². The van der Waals surface area contributed by atoms with Crippen LogP contribution in [0.5, 0.6) is 5.75 Å². The Labute approximate surface area is 125 Å². The fraction of sp³-hybridized carbons (Fsp3) is 0.562. The molecule has 0 spiro atoms. The fourth-order valence-electron chi connectivity index (χ4n) is 1.96. The number of hydrogen-bond acceptors (Lipinski definition) is 4. The number of unbranched alkanes of at least 4 members (excludes halogenated alkanes) is 1. The van der Waals surface area contributed by atoms with Crippen LogP contribution in [-0.4, -0.2) is 40.1 Å². The highest BCUT2D eigenvalue weighted by molar-refractivity contribution is 5.87. The van der Waals surface area contributed by atoms with Gasteiger partial charge in [0.15, 0.2) is 0 Å². The predicted molar refractivity (Wildman–Crippen MR) is 79.7 cm³/mol. The molecule has 0 amide bonds. The van der Waals surface area contributed by atoms with E-state index in [-0.39, 0.29) is 5.56 Å². The maximum atomic E-state index is 10.7. The zero-order valence-electron chi connectivity index (χ0n) is 12.4. The molecule has 0 aliphatic heterocycles. The molecule has 0 heterocycles. The van der Waals surface area contributed by atoms with Gasteiger partial charge in [-0.3, -0.25) is 0 Å². The Bertz CT molecular complexity index is 415. The molecule has 3 N–H and O–H groups in total. The Balaban J connectivity index is 2.15. The largest absolute Gasteiger partial charge is 0.494 e. The molecule has 0 aliphatic carbocycles. The Morgan fingerprint density at radius 1 is 1.14 bits per heavy atom. The molecule has 5 heteroatoms. The third-order valence-corrected chi connectivity index (χ3v) is 3.32. The van der Waals surface area contributed by atoms with Crippen molar-refractivity contribution in [3.63, 3.8) is 0 Å². The summed E-state index contributed by atoms with van der Waals surface area (Å²) in [7, 11) is 0. The lowest BCUT2D eigenvalue weighted by Gasteiger charge is -2.14. The summed E-state index contributed by atoms with van der Waals surface area (Å²) >= 11 is 0. The van der Waals surface area contributed by atoms with Crippen molar-refractivity contribution in [3.8, 4) is 5.75 Å². The average molecular weight is 296 g/mol. The van der Waals surface area contributed by atoms with Crippen LogP contribution in [0.2, 0.25) is 0 Å². The molecule has 0 fully saturated rings. The van der Waals surface area contributed by atoms with Gasteiger partial charge < -0.3 is 20.1 Å². The number of aromatic carboxylic acids is 1. The van der Waals surface area contributed by atoms with Gasteiger partial charge in [0.25, 0.3) is 0 Å². The second kappa shape index (κ2) is 9.37. The summed E-state index contributed by atoms with van der Waals surface area (Å²) in [4.78, 5) is 10.7. The van der Waals surface area contributed by atoms with Crippen molar-refractivity contribution in [1.29, 1.82) is 0 Å². The summed E-state index contributed by atoms with van der Waals surface area (Å²) in [5.74, 6) is -0.313. The van der Waals surface area contributed by atoms with Crippen LogP contribution in [0.4, 0.5) is 0 Å². The number of carboxylic acid groups (broad SMARTS) is 1. The SMILES string of the molecule is CCC(O)CC(O)CCCCOc1ccc(C(=O)O)cc1. The van der Waals surface area contributed by atoms with E-state index in [2.05, 4.69) is 0 Å². The van der Waals surface area contributed by atoms with Gasteiger partial charge in [-0.1, -0.05) is 6.92 Å². The number of rotatable bonds is 10. The summed E-state index contributed by atoms with van der Waals surface area (Å²) in [6.45, 7) is 2.41. The van der Waals surface area contributed by atoms with Crippen molar-refractivity contribution >= 4 is 5.97 Å². The molecule has 1 aromatic carbocycles. The molecule has 0 aromatic heterocycles. The van der Waals surface area contributed by atoms with Gasteiger partial charge in [0, 0.05) is 0 Å². The van der Waals surface area contributed by atoms with Crippen molar-refractivity contribution in [1.82, 2.24) is 0 Å². The smallest absolute Gasteiger partial charge is 0.335 e. The normalized spacial score (nSPS) is 13.7. The first-order chi connectivity index (χ1) is 10.0. The van der Waals surface area contributed by atoms with Gasteiger partial charge >= 0.3 is 5.97 Å². The number of aliphatic hydroxyl groups excluding tert-OH is 2. The minimum absolute atomic E-state index is 0.236. The highest BCUT2D eigenvalue weighted by Gasteiger charge is 2.09. The van der Waals surface area contributed by atoms with Crippen molar-refractivity contribution in [3.05, 3.63) is 29.8 Å². The lowest BCUT2D eigenvalue weighted by molar-refractivity contribution is 0.0694. The maximum Gasteiger partial charge on any atom is 0.335 e. The van der Waals surface area contributed by atoms with E-state index in [1.165, 1.54) is 12.1 Å². The molecule has 2 unspecified atom stereocenters. The Hall–Kier alpha value is -1.59. The van der Waals surface area contributed by atoms with E-state index in [0.717, 1.165) is 12.8 Å². The minimum atomic E-state index is -0.954. The monoisotopic (exact) mass is 296 g/mol. The van der Waals surface area contributed by atoms with Crippen LogP contribution in [0.15, 0.2) is 24.3 Å². The first kappa shape index (κ1) is 17.5. The van der Waals surface area contributed by atoms with Crippen LogP contribution in [-0.2, 0) is 0 Å². The second-order valence-electron chi connectivity index (χ2n) is 5.13. The lowest BCUT2D eigenvalue weighted by Crippen LogP contribution is -2.17. The van der Waals surface area contributed by atoms with E-state index in [4.69, 9.17) is 9.84 Å². The Kier molecular flexibility index (Phi) is 7.79. The third kappa shape index (κ3) is 7.11. The Morgan fingerprint density at radius 3 is 2.38 bits per heavy atom. The molecule has 2 atom stereocenters. The Morgan fingerprint density at radius 2 is 1.81 bits per heavy atom. The van der Waals surface area contributed by atoms with E-state index in [9.17, 15) is 15.0 Å². The van der Waals surface area contributed by atoms with Crippen LogP contribution in [0.3, 0.4) is 0 Å².